The second kappa shape index (κ2) is 57.1. The van der Waals surface area contributed by atoms with Gasteiger partial charge in [0.1, 0.15) is 13.2 Å². The maximum atomic E-state index is 13.0. The summed E-state index contributed by atoms with van der Waals surface area (Å²) >= 11 is 0. The number of hydrogen-bond acceptors (Lipinski definition) is 5. The fourth-order valence-electron chi connectivity index (χ4n) is 8.91. The summed E-state index contributed by atoms with van der Waals surface area (Å²) in [6.07, 6.45) is 82.3. The Kier molecular flexibility index (Phi) is 55.2. The van der Waals surface area contributed by atoms with Gasteiger partial charge in [-0.3, -0.25) is 13.8 Å². The zero-order chi connectivity index (χ0) is 55.6. The van der Waals surface area contributed by atoms with Gasteiger partial charge in [-0.1, -0.05) is 284 Å². The van der Waals surface area contributed by atoms with Crippen molar-refractivity contribution in [3.05, 3.63) is 97.2 Å². The van der Waals surface area contributed by atoms with Crippen LogP contribution in [0.2, 0.25) is 0 Å². The van der Waals surface area contributed by atoms with Crippen molar-refractivity contribution < 1.29 is 32.9 Å². The number of hydrogen-bond donors (Lipinski definition) is 3. The Morgan fingerprint density at radius 2 is 0.789 bits per heavy atom. The van der Waals surface area contributed by atoms with Crippen LogP contribution in [0.5, 0.6) is 0 Å². The maximum absolute atomic E-state index is 13.0. The summed E-state index contributed by atoms with van der Waals surface area (Å²) in [4.78, 5) is 23.4. The number of quaternary nitrogens is 1. The van der Waals surface area contributed by atoms with Crippen molar-refractivity contribution in [2.45, 2.75) is 283 Å². The quantitative estimate of drug-likeness (QED) is 0.0243. The van der Waals surface area contributed by atoms with E-state index in [2.05, 4.69) is 104 Å². The molecule has 8 nitrogen and oxygen atoms in total. The van der Waals surface area contributed by atoms with Crippen LogP contribution in [0.15, 0.2) is 97.2 Å². The lowest BCUT2D eigenvalue weighted by molar-refractivity contribution is -0.870. The van der Waals surface area contributed by atoms with Crippen LogP contribution in [-0.4, -0.2) is 73.4 Å². The van der Waals surface area contributed by atoms with Crippen molar-refractivity contribution >= 4 is 13.7 Å². The number of aliphatic hydroxyl groups is 1. The maximum Gasteiger partial charge on any atom is 0.472 e. The van der Waals surface area contributed by atoms with Crippen LogP contribution in [0.25, 0.3) is 0 Å². The summed E-state index contributed by atoms with van der Waals surface area (Å²) in [5, 5.41) is 14.0. The minimum absolute atomic E-state index is 0.0563. The summed E-state index contributed by atoms with van der Waals surface area (Å²) < 4.78 is 23.8. The van der Waals surface area contributed by atoms with Gasteiger partial charge < -0.3 is 19.8 Å². The SMILES string of the molecule is CC/C=C\C/C=C\C/C=C\C/C=C\C/C=C\C/C=C\C/C=C\CCCCCCCCCCCC(=O)NC(COP(=O)(O)OCC[N+](C)(C)C)C(O)/C=C/CCCCCCCCCCCCCCCCCCCCCCC. The summed E-state index contributed by atoms with van der Waals surface area (Å²) in [5.74, 6) is -0.185. The first-order valence-electron chi connectivity index (χ1n) is 31.6. The number of nitrogens with zero attached hydrogens (tertiary/aromatic N) is 1. The Balaban J connectivity index is 4.20. The molecule has 9 heteroatoms. The van der Waals surface area contributed by atoms with Gasteiger partial charge in [-0.15, -0.1) is 0 Å². The van der Waals surface area contributed by atoms with E-state index in [0.717, 1.165) is 89.9 Å². The van der Waals surface area contributed by atoms with Crippen molar-refractivity contribution in [1.82, 2.24) is 5.32 Å². The van der Waals surface area contributed by atoms with E-state index in [1.807, 2.05) is 27.2 Å². The molecule has 1 amide bonds. The molecule has 3 unspecified atom stereocenters. The molecule has 76 heavy (non-hydrogen) atoms. The molecule has 0 saturated heterocycles. The lowest BCUT2D eigenvalue weighted by Crippen LogP contribution is -2.45. The Labute approximate surface area is 470 Å². The Bertz CT molecular complexity index is 1560. The van der Waals surface area contributed by atoms with Gasteiger partial charge in [0.05, 0.1) is 39.9 Å². The van der Waals surface area contributed by atoms with Crippen molar-refractivity contribution in [2.75, 3.05) is 40.9 Å². The van der Waals surface area contributed by atoms with E-state index < -0.39 is 20.0 Å². The van der Waals surface area contributed by atoms with Crippen molar-refractivity contribution in [2.24, 2.45) is 0 Å². The zero-order valence-corrected chi connectivity index (χ0v) is 51.1. The normalized spacial score (nSPS) is 14.5. The van der Waals surface area contributed by atoms with E-state index in [4.69, 9.17) is 9.05 Å². The van der Waals surface area contributed by atoms with Crippen LogP contribution in [0.4, 0.5) is 0 Å². The second-order valence-corrected chi connectivity index (χ2v) is 23.9. The number of likely N-dealkylation sites (N-methyl/N-ethyl adjacent to an activating group) is 1. The summed E-state index contributed by atoms with van der Waals surface area (Å²) in [5.41, 5.74) is 0. The first kappa shape index (κ1) is 73.4. The van der Waals surface area contributed by atoms with E-state index in [9.17, 15) is 19.4 Å². The first-order chi connectivity index (χ1) is 37.0. The van der Waals surface area contributed by atoms with E-state index in [1.165, 1.54) is 161 Å². The summed E-state index contributed by atoms with van der Waals surface area (Å²) in [6, 6.07) is -0.857. The first-order valence-corrected chi connectivity index (χ1v) is 33.1. The van der Waals surface area contributed by atoms with Crippen LogP contribution in [-0.2, 0) is 18.4 Å². The van der Waals surface area contributed by atoms with Crippen LogP contribution in [0.3, 0.4) is 0 Å². The van der Waals surface area contributed by atoms with Gasteiger partial charge in [-0.25, -0.2) is 4.57 Å². The van der Waals surface area contributed by atoms with Gasteiger partial charge in [0.25, 0.3) is 0 Å². The number of amides is 1. The van der Waals surface area contributed by atoms with E-state index in [1.54, 1.807) is 6.08 Å². The molecule has 0 aliphatic carbocycles. The summed E-state index contributed by atoms with van der Waals surface area (Å²) in [7, 11) is 1.56. The molecule has 3 atom stereocenters. The topological polar surface area (TPSA) is 105 Å². The molecule has 0 aromatic carbocycles. The monoisotopic (exact) mass is 1080 g/mol. The highest BCUT2D eigenvalue weighted by Crippen LogP contribution is 2.43. The molecule has 0 aliphatic heterocycles. The lowest BCUT2D eigenvalue weighted by atomic mass is 10.0. The standard InChI is InChI=1S/C67H121N2O6P/c1-6-8-10-12-14-16-18-20-22-24-26-28-30-31-32-33-34-35-36-37-39-41-43-45-47-49-51-53-55-57-59-61-67(71)68-65(64-75-76(72,73)74-63-62-69(3,4)5)66(70)60-58-56-54-52-50-48-46-44-42-40-38-29-27-25-23-21-19-17-15-13-11-9-7-2/h8,10,14,16,20,22,26,28,31-32,34-35,37,39,58,60,65-66,70H,6-7,9,11-13,15,17-19,21,23-25,27,29-30,33,36,38,40-57,59,61-64H2,1-5H3,(H-,68,71,72,73)/p+1/b10-8-,16-14-,22-20-,28-26-,32-31-,35-34-,39-37-,60-58+. The van der Waals surface area contributed by atoms with Crippen LogP contribution < -0.4 is 5.32 Å². The average molecular weight is 1080 g/mol. The molecule has 0 fully saturated rings. The molecular weight excluding hydrogens is 960 g/mol. The number of nitrogens with one attached hydrogen (secondary N) is 1. The molecular formula is C67H122N2O6P+. The van der Waals surface area contributed by atoms with Gasteiger partial charge >= 0.3 is 7.82 Å². The van der Waals surface area contributed by atoms with Gasteiger partial charge in [0.15, 0.2) is 0 Å². The highest BCUT2D eigenvalue weighted by atomic mass is 31.2. The molecule has 0 spiro atoms. The largest absolute Gasteiger partial charge is 0.472 e. The number of rotatable bonds is 57. The third-order valence-corrected chi connectivity index (χ3v) is 14.8. The van der Waals surface area contributed by atoms with E-state index in [-0.39, 0.29) is 19.1 Å². The molecule has 0 rings (SSSR count). The molecule has 0 heterocycles. The Morgan fingerprint density at radius 1 is 0.461 bits per heavy atom. The lowest BCUT2D eigenvalue weighted by Gasteiger charge is -2.25. The third kappa shape index (κ3) is 59.1. The molecule has 440 valence electrons. The van der Waals surface area contributed by atoms with Crippen LogP contribution in [0.1, 0.15) is 271 Å². The third-order valence-electron chi connectivity index (χ3n) is 13.8. The fraction of sp³-hybridized carbons (Fsp3) is 0.746. The molecule has 3 N–H and O–H groups in total. The van der Waals surface area contributed by atoms with Crippen LogP contribution >= 0.6 is 7.82 Å². The fourth-order valence-corrected chi connectivity index (χ4v) is 9.64. The highest BCUT2D eigenvalue weighted by molar-refractivity contribution is 7.47. The van der Waals surface area contributed by atoms with Crippen molar-refractivity contribution in [1.29, 1.82) is 0 Å². The van der Waals surface area contributed by atoms with Crippen molar-refractivity contribution in [3.63, 3.8) is 0 Å². The van der Waals surface area contributed by atoms with E-state index in [0.29, 0.717) is 17.4 Å². The second-order valence-electron chi connectivity index (χ2n) is 22.4. The molecule has 0 aromatic rings. The molecule has 0 aliphatic rings. The Hall–Kier alpha value is -2.58. The summed E-state index contributed by atoms with van der Waals surface area (Å²) in [6.45, 7) is 4.72. The minimum Gasteiger partial charge on any atom is -0.387 e. The van der Waals surface area contributed by atoms with Crippen LogP contribution in [0, 0.1) is 0 Å². The minimum atomic E-state index is -4.36. The number of phosphoric acid groups is 1. The molecule has 0 radical (unpaired) electrons. The number of unbranched alkanes of at least 4 members (excludes halogenated alkanes) is 30. The van der Waals surface area contributed by atoms with Gasteiger partial charge in [0, 0.05) is 6.42 Å². The highest BCUT2D eigenvalue weighted by Gasteiger charge is 2.27. The van der Waals surface area contributed by atoms with E-state index >= 15 is 0 Å². The predicted octanol–water partition coefficient (Wildman–Crippen LogP) is 19.8. The smallest absolute Gasteiger partial charge is 0.387 e. The van der Waals surface area contributed by atoms with Crippen molar-refractivity contribution in [3.8, 4) is 0 Å². The predicted molar refractivity (Wildman–Crippen MR) is 332 cm³/mol. The number of phosphoric ester groups is 1. The average Bonchev–Trinajstić information content (AvgIpc) is 3.38. The molecule has 0 saturated carbocycles. The zero-order valence-electron chi connectivity index (χ0n) is 50.2. The van der Waals surface area contributed by atoms with Gasteiger partial charge in [0.2, 0.25) is 5.91 Å². The Morgan fingerprint density at radius 3 is 1.16 bits per heavy atom. The van der Waals surface area contributed by atoms with Gasteiger partial charge in [-0.2, -0.15) is 0 Å². The number of aliphatic hydroxyl groups excluding tert-OH is 1. The number of carbonyl (C=O) groups excluding carboxylic acids is 1. The molecule has 0 aromatic heterocycles. The van der Waals surface area contributed by atoms with Gasteiger partial charge in [-0.05, 0) is 77.0 Å². The number of carbonyl (C=O) groups is 1. The number of allylic oxidation sites excluding steroid dienone is 15. The molecule has 0 bridgehead atoms.